The number of amides is 3. The van der Waals surface area contributed by atoms with Crippen molar-refractivity contribution in [2.75, 3.05) is 4.90 Å². The molecule has 0 fully saturated rings. The largest absolute Gasteiger partial charge is 0.352 e. The summed E-state index contributed by atoms with van der Waals surface area (Å²) in [7, 11) is 0. The predicted octanol–water partition coefficient (Wildman–Crippen LogP) is 3.17. The summed E-state index contributed by atoms with van der Waals surface area (Å²) < 4.78 is 13.6. The number of carbonyl (C=O) groups excluding carboxylic acids is 2. The van der Waals surface area contributed by atoms with Gasteiger partial charge in [0, 0.05) is 17.1 Å². The summed E-state index contributed by atoms with van der Waals surface area (Å²) in [6.07, 6.45) is 0.320. The van der Waals surface area contributed by atoms with Crippen LogP contribution in [0.1, 0.15) is 24.1 Å². The van der Waals surface area contributed by atoms with Gasteiger partial charge in [0.05, 0.1) is 6.04 Å². The van der Waals surface area contributed by atoms with Gasteiger partial charge in [0.25, 0.3) is 5.91 Å². The first-order chi connectivity index (χ1) is 11.9. The van der Waals surface area contributed by atoms with Crippen LogP contribution < -0.4 is 16.0 Å². The fourth-order valence-electron chi connectivity index (χ4n) is 3.13. The summed E-state index contributed by atoms with van der Waals surface area (Å²) in [5, 5.41) is 2.97. The van der Waals surface area contributed by atoms with E-state index >= 15 is 0 Å². The number of benzene rings is 2. The Kier molecular flexibility index (Phi) is 4.63. The van der Waals surface area contributed by atoms with Crippen LogP contribution in [0.25, 0.3) is 0 Å². The third-order valence-corrected chi connectivity index (χ3v) is 4.54. The number of fused-ring (bicyclic) bond motifs is 1. The maximum absolute atomic E-state index is 13.6. The Morgan fingerprint density at radius 3 is 2.80 bits per heavy atom. The summed E-state index contributed by atoms with van der Waals surface area (Å²) in [5.74, 6) is -0.697. The van der Waals surface area contributed by atoms with E-state index in [2.05, 4.69) is 5.32 Å². The standard InChI is InChI=1S/C18H17ClFN3O2/c1-10(11-3-2-4-14(20)7-11)23-16-9-13(19)6-5-12(16)8-15(17(23)24)22-18(21)25/h2-7,9-10,15H,8H2,1H3,(H3,21,22,25)/t10-,15+/m0/s1. The molecule has 0 bridgehead atoms. The van der Waals surface area contributed by atoms with E-state index in [1.54, 1.807) is 31.2 Å². The van der Waals surface area contributed by atoms with E-state index in [-0.39, 0.29) is 11.7 Å². The van der Waals surface area contributed by atoms with E-state index in [9.17, 15) is 14.0 Å². The van der Waals surface area contributed by atoms with E-state index in [0.717, 1.165) is 5.56 Å². The van der Waals surface area contributed by atoms with Gasteiger partial charge in [-0.25, -0.2) is 9.18 Å². The average molecular weight is 362 g/mol. The molecule has 0 aromatic heterocycles. The number of hydrogen-bond donors (Lipinski definition) is 2. The minimum Gasteiger partial charge on any atom is -0.352 e. The maximum atomic E-state index is 13.6. The number of anilines is 1. The Morgan fingerprint density at radius 2 is 2.12 bits per heavy atom. The second-order valence-corrected chi connectivity index (χ2v) is 6.41. The molecule has 1 heterocycles. The molecule has 130 valence electrons. The Balaban J connectivity index is 2.06. The topological polar surface area (TPSA) is 75.4 Å². The molecule has 3 N–H and O–H groups in total. The van der Waals surface area contributed by atoms with Crippen molar-refractivity contribution in [1.82, 2.24) is 5.32 Å². The summed E-state index contributed by atoms with van der Waals surface area (Å²) in [6, 6.07) is 9.31. The fraction of sp³-hybridized carbons (Fsp3) is 0.222. The first kappa shape index (κ1) is 17.2. The van der Waals surface area contributed by atoms with Crippen LogP contribution in [0, 0.1) is 5.82 Å². The van der Waals surface area contributed by atoms with E-state index in [0.29, 0.717) is 22.7 Å². The number of hydrogen-bond acceptors (Lipinski definition) is 2. The first-order valence-corrected chi connectivity index (χ1v) is 8.17. The number of halogens is 2. The van der Waals surface area contributed by atoms with Crippen molar-refractivity contribution in [2.45, 2.75) is 25.4 Å². The number of urea groups is 1. The van der Waals surface area contributed by atoms with Gasteiger partial charge in [0.1, 0.15) is 11.9 Å². The molecule has 25 heavy (non-hydrogen) atoms. The maximum Gasteiger partial charge on any atom is 0.312 e. The second-order valence-electron chi connectivity index (χ2n) is 5.98. The summed E-state index contributed by atoms with van der Waals surface area (Å²) in [4.78, 5) is 25.7. The number of nitrogens with two attached hydrogens (primary N) is 1. The van der Waals surface area contributed by atoms with Crippen molar-refractivity contribution < 1.29 is 14.0 Å². The van der Waals surface area contributed by atoms with Crippen molar-refractivity contribution in [3.05, 3.63) is 64.4 Å². The highest BCUT2D eigenvalue weighted by Gasteiger charge is 2.36. The molecule has 7 heteroatoms. The summed E-state index contributed by atoms with van der Waals surface area (Å²) >= 11 is 6.10. The van der Waals surface area contributed by atoms with Gasteiger partial charge in [-0.15, -0.1) is 0 Å². The molecule has 0 radical (unpaired) electrons. The monoisotopic (exact) mass is 361 g/mol. The molecule has 0 unspecified atom stereocenters. The zero-order valence-corrected chi connectivity index (χ0v) is 14.3. The van der Waals surface area contributed by atoms with E-state index in [4.69, 9.17) is 17.3 Å². The van der Waals surface area contributed by atoms with Gasteiger partial charge in [-0.2, -0.15) is 0 Å². The van der Waals surface area contributed by atoms with Gasteiger partial charge in [-0.05, 0) is 42.3 Å². The molecule has 0 aliphatic carbocycles. The van der Waals surface area contributed by atoms with Gasteiger partial charge >= 0.3 is 6.03 Å². The number of nitrogens with zero attached hydrogens (tertiary/aromatic N) is 1. The van der Waals surface area contributed by atoms with Crippen molar-refractivity contribution in [2.24, 2.45) is 5.73 Å². The molecule has 3 rings (SSSR count). The lowest BCUT2D eigenvalue weighted by molar-refractivity contribution is -0.121. The lowest BCUT2D eigenvalue weighted by Crippen LogP contribution is -2.54. The molecule has 0 spiro atoms. The number of primary amides is 1. The quantitative estimate of drug-likeness (QED) is 0.881. The SMILES string of the molecule is C[C@@H](c1cccc(F)c1)N1C(=O)[C@H](NC(N)=O)Cc2ccc(Cl)cc21. The summed E-state index contributed by atoms with van der Waals surface area (Å²) in [6.45, 7) is 1.80. The van der Waals surface area contributed by atoms with Gasteiger partial charge in [0.15, 0.2) is 0 Å². The number of nitrogens with one attached hydrogen (secondary N) is 1. The van der Waals surface area contributed by atoms with E-state index < -0.39 is 18.1 Å². The zero-order valence-electron chi connectivity index (χ0n) is 13.5. The second kappa shape index (κ2) is 6.72. The molecule has 5 nitrogen and oxygen atoms in total. The van der Waals surface area contributed by atoms with E-state index in [1.807, 2.05) is 6.07 Å². The molecule has 1 aliphatic rings. The number of carbonyl (C=O) groups is 2. The Morgan fingerprint density at radius 1 is 1.36 bits per heavy atom. The van der Waals surface area contributed by atoms with Crippen molar-refractivity contribution in [3.63, 3.8) is 0 Å². The highest BCUT2D eigenvalue weighted by Crippen LogP contribution is 2.36. The van der Waals surface area contributed by atoms with Gasteiger partial charge < -0.3 is 16.0 Å². The third kappa shape index (κ3) is 3.44. The summed E-state index contributed by atoms with van der Waals surface area (Å²) in [5.41, 5.74) is 7.33. The van der Waals surface area contributed by atoms with Crippen LogP contribution in [0.3, 0.4) is 0 Å². The highest BCUT2D eigenvalue weighted by molar-refractivity contribution is 6.31. The average Bonchev–Trinajstić information content (AvgIpc) is 2.55. The van der Waals surface area contributed by atoms with Crippen LogP contribution in [0.5, 0.6) is 0 Å². The molecule has 1 aliphatic heterocycles. The fourth-order valence-corrected chi connectivity index (χ4v) is 3.29. The smallest absolute Gasteiger partial charge is 0.312 e. The van der Waals surface area contributed by atoms with Gasteiger partial charge in [-0.3, -0.25) is 4.79 Å². The van der Waals surface area contributed by atoms with Crippen molar-refractivity contribution >= 4 is 29.2 Å². The zero-order chi connectivity index (χ0) is 18.1. The highest BCUT2D eigenvalue weighted by atomic mass is 35.5. The Bertz CT molecular complexity index is 843. The van der Waals surface area contributed by atoms with Crippen LogP contribution >= 0.6 is 11.6 Å². The minimum atomic E-state index is -0.776. The van der Waals surface area contributed by atoms with Crippen molar-refractivity contribution in [1.29, 1.82) is 0 Å². The van der Waals surface area contributed by atoms with Crippen LogP contribution in [-0.4, -0.2) is 18.0 Å². The lowest BCUT2D eigenvalue weighted by atomic mass is 9.94. The molecule has 0 saturated heterocycles. The van der Waals surface area contributed by atoms with Crippen LogP contribution in [0.2, 0.25) is 5.02 Å². The third-order valence-electron chi connectivity index (χ3n) is 4.30. The lowest BCUT2D eigenvalue weighted by Gasteiger charge is -2.38. The minimum absolute atomic E-state index is 0.315. The molecule has 0 saturated carbocycles. The van der Waals surface area contributed by atoms with Crippen LogP contribution in [-0.2, 0) is 11.2 Å². The molecule has 2 atom stereocenters. The molecule has 2 aromatic rings. The Labute approximate surface area is 149 Å². The van der Waals surface area contributed by atoms with Crippen LogP contribution in [0.15, 0.2) is 42.5 Å². The van der Waals surface area contributed by atoms with Crippen molar-refractivity contribution in [3.8, 4) is 0 Å². The van der Waals surface area contributed by atoms with Gasteiger partial charge in [-0.1, -0.05) is 29.8 Å². The normalized spacial score (nSPS) is 17.8. The van der Waals surface area contributed by atoms with Gasteiger partial charge in [0.2, 0.25) is 0 Å². The molecule has 2 aromatic carbocycles. The van der Waals surface area contributed by atoms with E-state index in [1.165, 1.54) is 17.0 Å². The first-order valence-electron chi connectivity index (χ1n) is 7.79. The molecular formula is C18H17ClFN3O2. The number of rotatable bonds is 3. The molecular weight excluding hydrogens is 345 g/mol. The predicted molar refractivity (Wildman–Crippen MR) is 94.0 cm³/mol. The van der Waals surface area contributed by atoms with Crippen LogP contribution in [0.4, 0.5) is 14.9 Å². The molecule has 3 amide bonds. The Hall–Kier alpha value is -2.60.